The summed E-state index contributed by atoms with van der Waals surface area (Å²) in [6.07, 6.45) is 1.07. The van der Waals surface area contributed by atoms with E-state index in [0.29, 0.717) is 60.6 Å². The summed E-state index contributed by atoms with van der Waals surface area (Å²) in [6.45, 7) is 5.67. The number of carboxylic acids is 1. The monoisotopic (exact) mass is 565 g/mol. The summed E-state index contributed by atoms with van der Waals surface area (Å²) < 4.78 is 5.88. The highest BCUT2D eigenvalue weighted by Crippen LogP contribution is 2.33. The molecule has 0 saturated carbocycles. The molecule has 1 fully saturated rings. The van der Waals surface area contributed by atoms with Crippen LogP contribution in [0.15, 0.2) is 23.6 Å². The molecule has 206 valence electrons. The smallest absolute Gasteiger partial charge is 0.322 e. The number of nitrogens with one attached hydrogen (secondary N) is 2. The van der Waals surface area contributed by atoms with Gasteiger partial charge in [0.25, 0.3) is 0 Å². The Morgan fingerprint density at radius 2 is 1.92 bits per heavy atom. The van der Waals surface area contributed by atoms with Crippen molar-refractivity contribution in [1.29, 1.82) is 0 Å². The fraction of sp³-hybridized carbons (Fsp3) is 0.480. The molecule has 0 unspecified atom stereocenters. The highest BCUT2D eigenvalue weighted by Gasteiger charge is 2.20. The van der Waals surface area contributed by atoms with E-state index in [4.69, 9.17) is 21.4 Å². The van der Waals surface area contributed by atoms with E-state index in [2.05, 4.69) is 20.5 Å². The Morgan fingerprint density at radius 3 is 2.61 bits per heavy atom. The number of nitrogens with zero attached hydrogens (tertiary/aromatic N) is 3. The van der Waals surface area contributed by atoms with Gasteiger partial charge in [-0.3, -0.25) is 24.1 Å². The van der Waals surface area contributed by atoms with E-state index >= 15 is 0 Å². The maximum atomic E-state index is 12.3. The van der Waals surface area contributed by atoms with E-state index in [1.165, 1.54) is 18.3 Å². The van der Waals surface area contributed by atoms with Gasteiger partial charge in [-0.05, 0) is 24.6 Å². The Bertz CT molecular complexity index is 1140. The minimum atomic E-state index is -1.10. The van der Waals surface area contributed by atoms with Crippen LogP contribution in [0, 0.1) is 0 Å². The number of carboxylic acid groups (broad SMARTS) is 1. The zero-order valence-electron chi connectivity index (χ0n) is 21.2. The molecule has 0 aliphatic carbocycles. The number of carbonyl (C=O) groups excluding carboxylic acids is 3. The first-order valence-electron chi connectivity index (χ1n) is 12.3. The van der Waals surface area contributed by atoms with E-state index < -0.39 is 18.4 Å². The van der Waals surface area contributed by atoms with E-state index in [0.717, 1.165) is 25.2 Å². The molecule has 3 amide bonds. The zero-order chi connectivity index (χ0) is 27.5. The maximum Gasteiger partial charge on any atom is 0.322 e. The van der Waals surface area contributed by atoms with E-state index in [1.54, 1.807) is 11.4 Å². The fourth-order valence-electron chi connectivity index (χ4n) is 3.85. The van der Waals surface area contributed by atoms with Crippen LogP contribution in [0.3, 0.4) is 0 Å². The molecule has 0 radical (unpaired) electrons. The number of benzene rings is 1. The third-order valence-corrected chi connectivity index (χ3v) is 7.08. The topological polar surface area (TPSA) is 141 Å². The fourth-order valence-corrected chi connectivity index (χ4v) is 5.02. The van der Waals surface area contributed by atoms with E-state index in [1.807, 2.05) is 17.0 Å². The third-order valence-electron chi connectivity index (χ3n) is 5.84. The number of piperazine rings is 1. The molecule has 38 heavy (non-hydrogen) atoms. The molecule has 1 aromatic heterocycles. The van der Waals surface area contributed by atoms with Gasteiger partial charge in [-0.2, -0.15) is 0 Å². The predicted octanol–water partition coefficient (Wildman–Crippen LogP) is 1.65. The van der Waals surface area contributed by atoms with Crippen LogP contribution >= 0.6 is 22.9 Å². The molecule has 2 aromatic rings. The number of hydrogen-bond donors (Lipinski definition) is 3. The van der Waals surface area contributed by atoms with Crippen LogP contribution in [0.1, 0.15) is 25.5 Å². The van der Waals surface area contributed by atoms with Crippen LogP contribution in [0.4, 0.5) is 0 Å². The van der Waals surface area contributed by atoms with Gasteiger partial charge in [-0.25, -0.2) is 4.98 Å². The minimum absolute atomic E-state index is 0.0103. The Labute approximate surface area is 230 Å². The Morgan fingerprint density at radius 1 is 1.16 bits per heavy atom. The average Bonchev–Trinajstić information content (AvgIpc) is 3.33. The first kappa shape index (κ1) is 29.3. The molecule has 2 heterocycles. The van der Waals surface area contributed by atoms with Crippen LogP contribution in [-0.2, 0) is 25.6 Å². The SMILES string of the molecule is CC(=O)NCCCC(=O)N1CCN(CCOc2ccc(-c3nc(CC(=O)NCC(=O)O)cs3)c(Cl)c2)CC1. The summed E-state index contributed by atoms with van der Waals surface area (Å²) in [6, 6.07) is 5.37. The zero-order valence-corrected chi connectivity index (χ0v) is 22.8. The second kappa shape index (κ2) is 14.6. The molecular formula is C25H32ClN5O6S. The lowest BCUT2D eigenvalue weighted by molar-refractivity contribution is -0.137. The van der Waals surface area contributed by atoms with Crippen molar-refractivity contribution in [2.45, 2.75) is 26.2 Å². The first-order chi connectivity index (χ1) is 18.2. The van der Waals surface area contributed by atoms with Crippen molar-refractivity contribution < 1.29 is 29.0 Å². The van der Waals surface area contributed by atoms with Crippen molar-refractivity contribution in [3.05, 3.63) is 34.3 Å². The number of ether oxygens (including phenoxy) is 1. The molecular weight excluding hydrogens is 534 g/mol. The molecule has 1 aromatic carbocycles. The predicted molar refractivity (Wildman–Crippen MR) is 143 cm³/mol. The molecule has 1 aliphatic rings. The van der Waals surface area contributed by atoms with E-state index in [9.17, 15) is 19.2 Å². The van der Waals surface area contributed by atoms with Crippen LogP contribution in [-0.4, -0.2) is 96.0 Å². The number of hydrogen-bond acceptors (Lipinski definition) is 8. The van der Waals surface area contributed by atoms with Crippen molar-refractivity contribution >= 4 is 46.6 Å². The number of rotatable bonds is 13. The largest absolute Gasteiger partial charge is 0.492 e. The average molecular weight is 566 g/mol. The van der Waals surface area contributed by atoms with Crippen LogP contribution in [0.5, 0.6) is 5.75 Å². The number of amides is 3. The second-order valence-corrected chi connectivity index (χ2v) is 10.1. The summed E-state index contributed by atoms with van der Waals surface area (Å²) in [4.78, 5) is 54.2. The number of aromatic nitrogens is 1. The highest BCUT2D eigenvalue weighted by atomic mass is 35.5. The van der Waals surface area contributed by atoms with Gasteiger partial charge >= 0.3 is 5.97 Å². The van der Waals surface area contributed by atoms with Gasteiger partial charge in [0.1, 0.15) is 23.9 Å². The van der Waals surface area contributed by atoms with Crippen molar-refractivity contribution in [2.75, 3.05) is 52.4 Å². The van der Waals surface area contributed by atoms with Crippen LogP contribution in [0.2, 0.25) is 5.02 Å². The third kappa shape index (κ3) is 9.58. The highest BCUT2D eigenvalue weighted by molar-refractivity contribution is 7.13. The van der Waals surface area contributed by atoms with Gasteiger partial charge in [0.05, 0.1) is 17.1 Å². The van der Waals surface area contributed by atoms with Crippen LogP contribution in [0.25, 0.3) is 10.6 Å². The van der Waals surface area contributed by atoms with Crippen molar-refractivity contribution in [1.82, 2.24) is 25.4 Å². The lowest BCUT2D eigenvalue weighted by atomic mass is 10.2. The molecule has 3 N–H and O–H groups in total. The molecule has 0 spiro atoms. The number of carbonyl (C=O) groups is 4. The molecule has 1 saturated heterocycles. The Hall–Kier alpha value is -3.22. The minimum Gasteiger partial charge on any atom is -0.492 e. The summed E-state index contributed by atoms with van der Waals surface area (Å²) >= 11 is 7.82. The molecule has 3 rings (SSSR count). The standard InChI is InChI=1S/C25H32ClN5O6S/c1-17(32)27-6-2-3-23(34)31-9-7-30(8-10-31)11-12-37-19-4-5-20(21(26)14-19)25-29-18(16-38-25)13-22(33)28-15-24(35)36/h4-5,14,16H,2-3,6-13,15H2,1H3,(H,27,32)(H,28,33)(H,35,36). The summed E-state index contributed by atoms with van der Waals surface area (Å²) in [7, 11) is 0. The Balaban J connectivity index is 1.39. The molecule has 0 bridgehead atoms. The molecule has 11 nitrogen and oxygen atoms in total. The normalized spacial score (nSPS) is 13.7. The van der Waals surface area contributed by atoms with Gasteiger partial charge in [-0.15, -0.1) is 11.3 Å². The lowest BCUT2D eigenvalue weighted by Gasteiger charge is -2.34. The van der Waals surface area contributed by atoms with Gasteiger partial charge in [-0.1, -0.05) is 11.6 Å². The molecule has 0 atom stereocenters. The van der Waals surface area contributed by atoms with Crippen LogP contribution < -0.4 is 15.4 Å². The van der Waals surface area contributed by atoms with Gasteiger partial charge in [0.2, 0.25) is 17.7 Å². The maximum absolute atomic E-state index is 12.3. The number of thiazole rings is 1. The summed E-state index contributed by atoms with van der Waals surface area (Å²) in [5, 5.41) is 16.5. The van der Waals surface area contributed by atoms with Crippen molar-refractivity contribution in [3.8, 4) is 16.3 Å². The van der Waals surface area contributed by atoms with Crippen molar-refractivity contribution in [3.63, 3.8) is 0 Å². The molecule has 1 aliphatic heterocycles. The number of aliphatic carboxylic acids is 1. The lowest BCUT2D eigenvalue weighted by Crippen LogP contribution is -2.49. The quantitative estimate of drug-likeness (QED) is 0.311. The van der Waals surface area contributed by atoms with Gasteiger partial charge in [0.15, 0.2) is 0 Å². The van der Waals surface area contributed by atoms with E-state index in [-0.39, 0.29) is 18.2 Å². The van der Waals surface area contributed by atoms with Gasteiger partial charge in [0, 0.05) is 63.6 Å². The summed E-state index contributed by atoms with van der Waals surface area (Å²) in [5.41, 5.74) is 1.26. The summed E-state index contributed by atoms with van der Waals surface area (Å²) in [5.74, 6) is -0.843. The van der Waals surface area contributed by atoms with Crippen molar-refractivity contribution in [2.24, 2.45) is 0 Å². The first-order valence-corrected chi connectivity index (χ1v) is 13.6. The molecule has 13 heteroatoms. The second-order valence-electron chi connectivity index (χ2n) is 8.79. The Kier molecular flexibility index (Phi) is 11.3. The number of halogens is 1. The van der Waals surface area contributed by atoms with Gasteiger partial charge < -0.3 is 25.4 Å².